The van der Waals surface area contributed by atoms with Gasteiger partial charge >= 0.3 is 6.18 Å². The van der Waals surface area contributed by atoms with E-state index in [1.807, 2.05) is 0 Å². The summed E-state index contributed by atoms with van der Waals surface area (Å²) < 4.78 is 37.0. The summed E-state index contributed by atoms with van der Waals surface area (Å²) in [4.78, 5) is 1.41. The third kappa shape index (κ3) is 5.09. The van der Waals surface area contributed by atoms with Gasteiger partial charge in [-0.2, -0.15) is 13.2 Å². The lowest BCUT2D eigenvalue weighted by atomic mass is 10.0. The van der Waals surface area contributed by atoms with Gasteiger partial charge in [0.15, 0.2) is 0 Å². The number of nitrogens with one attached hydrogen (secondary N) is 1. The van der Waals surface area contributed by atoms with E-state index in [-0.39, 0.29) is 6.04 Å². The average Bonchev–Trinajstić information content (AvgIpc) is 2.34. The van der Waals surface area contributed by atoms with Crippen molar-refractivity contribution in [1.29, 1.82) is 0 Å². The zero-order valence-electron chi connectivity index (χ0n) is 11.0. The summed E-state index contributed by atoms with van der Waals surface area (Å²) in [6, 6.07) is 3.21. The molecule has 0 saturated carbocycles. The van der Waals surface area contributed by atoms with Gasteiger partial charge in [0.25, 0.3) is 0 Å². The predicted octanol–water partition coefficient (Wildman–Crippen LogP) is 5.09. The molecule has 0 aliphatic carbocycles. The van der Waals surface area contributed by atoms with Crippen molar-refractivity contribution in [2.24, 2.45) is 0 Å². The first kappa shape index (κ1) is 17.0. The Labute approximate surface area is 136 Å². The summed E-state index contributed by atoms with van der Waals surface area (Å²) in [6.45, 7) is -0.0812. The molecule has 2 rings (SSSR count). The van der Waals surface area contributed by atoms with E-state index in [9.17, 15) is 13.2 Å². The van der Waals surface area contributed by atoms with E-state index < -0.39 is 12.7 Å². The summed E-state index contributed by atoms with van der Waals surface area (Å²) >= 11 is 18.0. The van der Waals surface area contributed by atoms with Gasteiger partial charge in [-0.3, -0.25) is 4.90 Å². The Balaban J connectivity index is 1.92. The van der Waals surface area contributed by atoms with Crippen molar-refractivity contribution in [2.45, 2.75) is 25.1 Å². The third-order valence-electron chi connectivity index (χ3n) is 3.35. The quantitative estimate of drug-likeness (QED) is 0.807. The molecule has 8 heteroatoms. The standard InChI is InChI=1S/C13H14Cl3F3N2/c14-8-5-10(15)12(11(16)6-8)20-9-1-3-21(4-2-9)7-13(17,18)19/h5-6,9,20H,1-4,7H2. The lowest BCUT2D eigenvalue weighted by Gasteiger charge is -2.33. The molecule has 1 aliphatic rings. The van der Waals surface area contributed by atoms with Crippen LogP contribution in [0.25, 0.3) is 0 Å². The fraction of sp³-hybridized carbons (Fsp3) is 0.538. The topological polar surface area (TPSA) is 15.3 Å². The predicted molar refractivity (Wildman–Crippen MR) is 80.6 cm³/mol. The molecule has 1 aliphatic heterocycles. The molecule has 1 N–H and O–H groups in total. The minimum atomic E-state index is -4.15. The van der Waals surface area contributed by atoms with Gasteiger partial charge in [-0.05, 0) is 25.0 Å². The van der Waals surface area contributed by atoms with Gasteiger partial charge in [0.1, 0.15) is 0 Å². The number of alkyl halides is 3. The molecule has 1 saturated heterocycles. The molecule has 0 radical (unpaired) electrons. The van der Waals surface area contributed by atoms with Gasteiger partial charge in [-0.25, -0.2) is 0 Å². The molecule has 0 bridgehead atoms. The maximum Gasteiger partial charge on any atom is 0.401 e. The van der Waals surface area contributed by atoms with Crippen molar-refractivity contribution in [3.63, 3.8) is 0 Å². The summed E-state index contributed by atoms with van der Waals surface area (Å²) in [5.74, 6) is 0. The molecule has 0 aromatic heterocycles. The van der Waals surface area contributed by atoms with Crippen LogP contribution >= 0.6 is 34.8 Å². The Kier molecular flexibility index (Phi) is 5.52. The van der Waals surface area contributed by atoms with Crippen molar-refractivity contribution < 1.29 is 13.2 Å². The van der Waals surface area contributed by atoms with Crippen molar-refractivity contribution in [3.8, 4) is 0 Å². The van der Waals surface area contributed by atoms with Crippen LogP contribution < -0.4 is 5.32 Å². The fourth-order valence-electron chi connectivity index (χ4n) is 2.37. The van der Waals surface area contributed by atoms with Crippen molar-refractivity contribution in [2.75, 3.05) is 25.0 Å². The van der Waals surface area contributed by atoms with E-state index in [2.05, 4.69) is 5.32 Å². The molecule has 0 spiro atoms. The summed E-state index contributed by atoms with van der Waals surface area (Å²) in [5.41, 5.74) is 0.581. The number of rotatable bonds is 3. The molecule has 0 amide bonds. The van der Waals surface area contributed by atoms with Crippen molar-refractivity contribution >= 4 is 40.5 Å². The molecular weight excluding hydrogens is 348 g/mol. The number of piperidine rings is 1. The van der Waals surface area contributed by atoms with Crippen LogP contribution in [0.2, 0.25) is 15.1 Å². The average molecular weight is 362 g/mol. The number of hydrogen-bond donors (Lipinski definition) is 1. The lowest BCUT2D eigenvalue weighted by Crippen LogP contribution is -2.43. The molecule has 118 valence electrons. The van der Waals surface area contributed by atoms with E-state index in [0.29, 0.717) is 46.7 Å². The van der Waals surface area contributed by atoms with E-state index in [1.54, 1.807) is 12.1 Å². The van der Waals surface area contributed by atoms with Crippen LogP contribution in [0, 0.1) is 0 Å². The van der Waals surface area contributed by atoms with Gasteiger partial charge in [0.05, 0.1) is 22.3 Å². The summed E-state index contributed by atoms with van der Waals surface area (Å²) in [6.07, 6.45) is -2.94. The summed E-state index contributed by atoms with van der Waals surface area (Å²) in [7, 11) is 0. The van der Waals surface area contributed by atoms with E-state index in [4.69, 9.17) is 34.8 Å². The first-order valence-corrected chi connectivity index (χ1v) is 7.58. The second kappa shape index (κ2) is 6.82. The first-order chi connectivity index (χ1) is 9.74. The van der Waals surface area contributed by atoms with Crippen LogP contribution in [0.1, 0.15) is 12.8 Å². The fourth-order valence-corrected chi connectivity index (χ4v) is 3.30. The van der Waals surface area contributed by atoms with Crippen molar-refractivity contribution in [1.82, 2.24) is 4.90 Å². The first-order valence-electron chi connectivity index (χ1n) is 6.45. The Hall–Kier alpha value is -0.360. The SMILES string of the molecule is FC(F)(F)CN1CCC(Nc2c(Cl)cc(Cl)cc2Cl)CC1. The Morgan fingerprint density at radius 3 is 2.10 bits per heavy atom. The highest BCUT2D eigenvalue weighted by molar-refractivity contribution is 6.41. The Bertz CT molecular complexity index is 477. The molecular formula is C13H14Cl3F3N2. The summed E-state index contributed by atoms with van der Waals surface area (Å²) in [5, 5.41) is 4.45. The smallest absolute Gasteiger partial charge is 0.380 e. The van der Waals surface area contributed by atoms with E-state index in [1.165, 1.54) is 4.90 Å². The van der Waals surface area contributed by atoms with Crippen LogP contribution in [0.3, 0.4) is 0 Å². The molecule has 2 nitrogen and oxygen atoms in total. The number of hydrogen-bond acceptors (Lipinski definition) is 2. The maximum absolute atomic E-state index is 12.3. The maximum atomic E-state index is 12.3. The van der Waals surface area contributed by atoms with Crippen LogP contribution in [0.15, 0.2) is 12.1 Å². The van der Waals surface area contributed by atoms with Crippen LogP contribution in [-0.4, -0.2) is 36.8 Å². The molecule has 21 heavy (non-hydrogen) atoms. The number of anilines is 1. The zero-order chi connectivity index (χ0) is 15.6. The normalized spacial score (nSPS) is 18.0. The number of nitrogens with zero attached hydrogens (tertiary/aromatic N) is 1. The highest BCUT2D eigenvalue weighted by atomic mass is 35.5. The third-order valence-corrected chi connectivity index (χ3v) is 4.16. The molecule has 1 heterocycles. The second-order valence-electron chi connectivity index (χ2n) is 5.05. The van der Waals surface area contributed by atoms with Crippen LogP contribution in [0.5, 0.6) is 0 Å². The highest BCUT2D eigenvalue weighted by Gasteiger charge is 2.32. The van der Waals surface area contributed by atoms with Crippen LogP contribution in [-0.2, 0) is 0 Å². The minimum absolute atomic E-state index is 0.0469. The Morgan fingerprint density at radius 1 is 1.10 bits per heavy atom. The zero-order valence-corrected chi connectivity index (χ0v) is 13.3. The number of benzene rings is 1. The number of likely N-dealkylation sites (tertiary alicyclic amines) is 1. The lowest BCUT2D eigenvalue weighted by molar-refractivity contribution is -0.147. The molecule has 1 fully saturated rings. The largest absolute Gasteiger partial charge is 0.401 e. The molecule has 0 atom stereocenters. The van der Waals surface area contributed by atoms with Gasteiger partial charge in [0.2, 0.25) is 0 Å². The number of halogens is 6. The monoisotopic (exact) mass is 360 g/mol. The van der Waals surface area contributed by atoms with Gasteiger partial charge < -0.3 is 5.32 Å². The van der Waals surface area contributed by atoms with Crippen molar-refractivity contribution in [3.05, 3.63) is 27.2 Å². The second-order valence-corrected chi connectivity index (χ2v) is 6.31. The Morgan fingerprint density at radius 2 is 1.62 bits per heavy atom. The van der Waals surface area contributed by atoms with Crippen LogP contribution in [0.4, 0.5) is 18.9 Å². The highest BCUT2D eigenvalue weighted by Crippen LogP contribution is 2.35. The van der Waals surface area contributed by atoms with Gasteiger partial charge in [0, 0.05) is 24.2 Å². The van der Waals surface area contributed by atoms with Gasteiger partial charge in [-0.1, -0.05) is 34.8 Å². The van der Waals surface area contributed by atoms with Gasteiger partial charge in [-0.15, -0.1) is 0 Å². The van der Waals surface area contributed by atoms with E-state index in [0.717, 1.165) is 0 Å². The minimum Gasteiger partial charge on any atom is -0.380 e. The molecule has 0 unspecified atom stereocenters. The van der Waals surface area contributed by atoms with E-state index >= 15 is 0 Å². The molecule has 1 aromatic rings. The molecule has 1 aromatic carbocycles.